The molecule has 4 aromatic heterocycles. The number of hydrogen-bond donors (Lipinski definition) is 3. The third-order valence-electron chi connectivity index (χ3n) is 6.18. The van der Waals surface area contributed by atoms with E-state index in [1.165, 1.54) is 5.56 Å². The van der Waals surface area contributed by atoms with Crippen molar-refractivity contribution in [3.05, 3.63) is 72.8 Å². The van der Waals surface area contributed by atoms with Crippen LogP contribution in [0.15, 0.2) is 71.7 Å². The number of imidazole rings is 1. The van der Waals surface area contributed by atoms with E-state index in [0.29, 0.717) is 11.7 Å². The second-order valence-electron chi connectivity index (χ2n) is 9.06. The molecule has 0 atom stereocenters. The van der Waals surface area contributed by atoms with E-state index in [1.807, 2.05) is 30.5 Å². The van der Waals surface area contributed by atoms with E-state index in [-0.39, 0.29) is 0 Å². The number of aryl methyl sites for hydroxylation is 1. The first kappa shape index (κ1) is 21.2. The zero-order valence-electron chi connectivity index (χ0n) is 19.9. The Balaban J connectivity index is 1.46. The lowest BCUT2D eigenvalue weighted by Gasteiger charge is -2.13. The summed E-state index contributed by atoms with van der Waals surface area (Å²) in [5, 5.41) is 12.0. The lowest BCUT2D eigenvalue weighted by molar-refractivity contribution is 0.568. The Hall–Kier alpha value is -4.39. The van der Waals surface area contributed by atoms with Gasteiger partial charge in [-0.2, -0.15) is 5.10 Å². The van der Waals surface area contributed by atoms with Crippen LogP contribution < -0.4 is 5.32 Å². The van der Waals surface area contributed by atoms with Crippen molar-refractivity contribution >= 4 is 27.8 Å². The normalized spacial score (nSPS) is 11.7. The Morgan fingerprint density at radius 3 is 2.74 bits per heavy atom. The number of pyridine rings is 1. The Kier molecular flexibility index (Phi) is 5.10. The van der Waals surface area contributed by atoms with Gasteiger partial charge < -0.3 is 14.7 Å². The molecule has 7 nitrogen and oxygen atoms in total. The van der Waals surface area contributed by atoms with E-state index in [9.17, 15) is 0 Å². The fraction of sp³-hybridized carbons (Fsp3) is 0.179. The smallest absolute Gasteiger partial charge is 0.181 e. The van der Waals surface area contributed by atoms with Crippen molar-refractivity contribution in [3.8, 4) is 33.8 Å². The van der Waals surface area contributed by atoms with Crippen molar-refractivity contribution in [1.29, 1.82) is 0 Å². The molecule has 0 amide bonds. The van der Waals surface area contributed by atoms with Crippen molar-refractivity contribution in [2.24, 2.45) is 0 Å². The fourth-order valence-corrected chi connectivity index (χ4v) is 4.52. The maximum atomic E-state index is 5.29. The highest BCUT2D eigenvalue weighted by molar-refractivity contribution is 5.97. The molecule has 0 aliphatic heterocycles. The first-order valence-corrected chi connectivity index (χ1v) is 11.9. The summed E-state index contributed by atoms with van der Waals surface area (Å²) in [7, 11) is 0. The topological polar surface area (TPSA) is 95.4 Å². The summed E-state index contributed by atoms with van der Waals surface area (Å²) in [6.07, 6.45) is 6.26. The van der Waals surface area contributed by atoms with Crippen molar-refractivity contribution in [2.45, 2.75) is 33.2 Å². The lowest BCUT2D eigenvalue weighted by Crippen LogP contribution is -2.09. The Bertz CT molecular complexity index is 1640. The number of fused-ring (bicyclic) bond motifs is 2. The van der Waals surface area contributed by atoms with Gasteiger partial charge >= 0.3 is 0 Å². The predicted octanol–water partition coefficient (Wildman–Crippen LogP) is 6.81. The third-order valence-corrected chi connectivity index (χ3v) is 6.18. The van der Waals surface area contributed by atoms with Crippen LogP contribution in [-0.2, 0) is 6.42 Å². The number of aromatic amines is 2. The number of rotatable bonds is 6. The molecule has 0 saturated carbocycles. The number of anilines is 1. The highest BCUT2D eigenvalue weighted by Crippen LogP contribution is 2.33. The average Bonchev–Trinajstić information content (AvgIpc) is 3.61. The van der Waals surface area contributed by atoms with Crippen LogP contribution in [-0.4, -0.2) is 31.2 Å². The molecule has 0 saturated heterocycles. The van der Waals surface area contributed by atoms with Crippen molar-refractivity contribution in [3.63, 3.8) is 0 Å². The number of para-hydroxylation sites is 1. The maximum Gasteiger partial charge on any atom is 0.181 e. The van der Waals surface area contributed by atoms with Gasteiger partial charge in [0.1, 0.15) is 5.69 Å². The van der Waals surface area contributed by atoms with Gasteiger partial charge in [0.05, 0.1) is 28.9 Å². The Morgan fingerprint density at radius 1 is 1.03 bits per heavy atom. The van der Waals surface area contributed by atoms with Gasteiger partial charge in [-0.1, -0.05) is 25.1 Å². The van der Waals surface area contributed by atoms with Gasteiger partial charge in [0.25, 0.3) is 0 Å². The number of furan rings is 1. The largest absolute Gasteiger partial charge is 0.472 e. The molecule has 0 radical (unpaired) electrons. The predicted molar refractivity (Wildman–Crippen MR) is 140 cm³/mol. The SMILES string of the molecule is CCc1cc(NC(C)C)cc(-c2cnc3n[nH]c(-c4nc5c(-c6ccoc6)cccc5[nH]4)c3c2)c1. The van der Waals surface area contributed by atoms with Crippen LogP contribution in [0.5, 0.6) is 0 Å². The molecule has 0 spiro atoms. The second kappa shape index (κ2) is 8.43. The molecule has 3 N–H and O–H groups in total. The number of hydrogen-bond acceptors (Lipinski definition) is 5. The molecule has 6 aromatic rings. The molecule has 0 fully saturated rings. The molecule has 0 aliphatic carbocycles. The van der Waals surface area contributed by atoms with Gasteiger partial charge in [0.2, 0.25) is 0 Å². The number of nitrogens with zero attached hydrogens (tertiary/aromatic N) is 3. The quantitative estimate of drug-likeness (QED) is 0.253. The van der Waals surface area contributed by atoms with Gasteiger partial charge in [-0.3, -0.25) is 5.10 Å². The maximum absolute atomic E-state index is 5.29. The van der Waals surface area contributed by atoms with E-state index in [1.54, 1.807) is 12.5 Å². The summed E-state index contributed by atoms with van der Waals surface area (Å²) < 4.78 is 5.29. The van der Waals surface area contributed by atoms with Crippen LogP contribution >= 0.6 is 0 Å². The summed E-state index contributed by atoms with van der Waals surface area (Å²) in [4.78, 5) is 13.0. The van der Waals surface area contributed by atoms with E-state index in [2.05, 4.69) is 70.5 Å². The van der Waals surface area contributed by atoms with E-state index in [0.717, 1.165) is 62.3 Å². The van der Waals surface area contributed by atoms with Crippen LogP contribution in [0.3, 0.4) is 0 Å². The fourth-order valence-electron chi connectivity index (χ4n) is 4.52. The minimum absolute atomic E-state index is 0.357. The number of nitrogens with one attached hydrogen (secondary N) is 3. The Morgan fingerprint density at radius 2 is 1.94 bits per heavy atom. The Labute approximate surface area is 202 Å². The third kappa shape index (κ3) is 3.85. The molecule has 0 bridgehead atoms. The minimum atomic E-state index is 0.357. The van der Waals surface area contributed by atoms with Crippen molar-refractivity contribution in [1.82, 2.24) is 25.1 Å². The highest BCUT2D eigenvalue weighted by Gasteiger charge is 2.16. The first-order valence-electron chi connectivity index (χ1n) is 11.9. The minimum Gasteiger partial charge on any atom is -0.472 e. The van der Waals surface area contributed by atoms with Gasteiger partial charge in [-0.25, -0.2) is 9.97 Å². The number of H-pyrrole nitrogens is 2. The molecule has 0 aliphatic rings. The average molecular weight is 463 g/mol. The van der Waals surface area contributed by atoms with Gasteiger partial charge in [-0.05, 0) is 61.7 Å². The van der Waals surface area contributed by atoms with E-state index < -0.39 is 0 Å². The molecule has 2 aromatic carbocycles. The lowest BCUT2D eigenvalue weighted by atomic mass is 10.0. The molecule has 4 heterocycles. The van der Waals surface area contributed by atoms with E-state index >= 15 is 0 Å². The van der Waals surface area contributed by atoms with Crippen LogP contribution in [0, 0.1) is 0 Å². The standard InChI is InChI=1S/C28H26N6O/c1-4-17-10-19(12-21(11-17)30-16(2)3)20-13-23-26(33-34-27(23)29-14-20)28-31-24-7-5-6-22(25(24)32-28)18-8-9-35-15-18/h5-16,30H,4H2,1-3H3,(H,31,32)(H,29,33,34). The molecule has 174 valence electrons. The van der Waals surface area contributed by atoms with Crippen molar-refractivity contribution in [2.75, 3.05) is 5.32 Å². The second-order valence-corrected chi connectivity index (χ2v) is 9.06. The zero-order chi connectivity index (χ0) is 23.9. The monoisotopic (exact) mass is 462 g/mol. The molecule has 35 heavy (non-hydrogen) atoms. The van der Waals surface area contributed by atoms with Crippen LogP contribution in [0.4, 0.5) is 5.69 Å². The van der Waals surface area contributed by atoms with Gasteiger partial charge in [-0.15, -0.1) is 0 Å². The van der Waals surface area contributed by atoms with Crippen LogP contribution in [0.1, 0.15) is 26.3 Å². The molecular formula is C28H26N6O. The molecule has 6 rings (SSSR count). The van der Waals surface area contributed by atoms with Crippen molar-refractivity contribution < 1.29 is 4.42 Å². The molecule has 7 heteroatoms. The summed E-state index contributed by atoms with van der Waals surface area (Å²) in [5.74, 6) is 0.724. The van der Waals surface area contributed by atoms with Gasteiger partial charge in [0, 0.05) is 34.6 Å². The summed E-state index contributed by atoms with van der Waals surface area (Å²) >= 11 is 0. The summed E-state index contributed by atoms with van der Waals surface area (Å²) in [6, 6.07) is 17.1. The summed E-state index contributed by atoms with van der Waals surface area (Å²) in [6.45, 7) is 6.47. The zero-order valence-corrected chi connectivity index (χ0v) is 19.9. The van der Waals surface area contributed by atoms with Crippen LogP contribution in [0.25, 0.3) is 55.8 Å². The van der Waals surface area contributed by atoms with Crippen LogP contribution in [0.2, 0.25) is 0 Å². The highest BCUT2D eigenvalue weighted by atomic mass is 16.3. The van der Waals surface area contributed by atoms with E-state index in [4.69, 9.17) is 9.40 Å². The number of benzene rings is 2. The first-order chi connectivity index (χ1) is 17.1. The molecule has 0 unspecified atom stereocenters. The van der Waals surface area contributed by atoms with Gasteiger partial charge in [0.15, 0.2) is 11.5 Å². The number of aromatic nitrogens is 5. The summed E-state index contributed by atoms with van der Waals surface area (Å²) in [5.41, 5.74) is 9.88. The molecular weight excluding hydrogens is 436 g/mol.